The van der Waals surface area contributed by atoms with Crippen molar-refractivity contribution in [2.75, 3.05) is 19.6 Å². The fourth-order valence-electron chi connectivity index (χ4n) is 3.63. The number of aliphatic carboxylic acids is 1. The smallest absolute Gasteiger partial charge is 0.433 e. The Labute approximate surface area is 147 Å². The highest BCUT2D eigenvalue weighted by atomic mass is 16.7. The number of carboxylic acids is 1. The van der Waals surface area contributed by atoms with Crippen molar-refractivity contribution in [3.63, 3.8) is 0 Å². The molecule has 0 bridgehead atoms. The third-order valence-corrected chi connectivity index (χ3v) is 5.02. The maximum absolute atomic E-state index is 12.1. The zero-order chi connectivity index (χ0) is 18.3. The van der Waals surface area contributed by atoms with Gasteiger partial charge in [-0.1, -0.05) is 24.4 Å². The third kappa shape index (κ3) is 5.72. The van der Waals surface area contributed by atoms with Crippen molar-refractivity contribution < 1.29 is 24.3 Å². The van der Waals surface area contributed by atoms with Crippen LogP contribution in [-0.4, -0.2) is 53.3 Å². The van der Waals surface area contributed by atoms with Crippen LogP contribution in [0.3, 0.4) is 0 Å². The number of oxime groups is 1. The minimum atomic E-state index is -0.859. The molecular formula is C17H27N3O5. The van der Waals surface area contributed by atoms with Gasteiger partial charge in [0.1, 0.15) is 5.71 Å². The van der Waals surface area contributed by atoms with Gasteiger partial charge >= 0.3 is 12.1 Å². The second-order valence-electron chi connectivity index (χ2n) is 7.04. The van der Waals surface area contributed by atoms with Crippen LogP contribution in [0.4, 0.5) is 4.79 Å². The molecule has 25 heavy (non-hydrogen) atoms. The highest BCUT2D eigenvalue weighted by Crippen LogP contribution is 2.38. The van der Waals surface area contributed by atoms with E-state index in [1.807, 2.05) is 0 Å². The van der Waals surface area contributed by atoms with E-state index in [0.717, 1.165) is 44.9 Å². The van der Waals surface area contributed by atoms with Gasteiger partial charge in [-0.2, -0.15) is 0 Å². The first kappa shape index (κ1) is 19.2. The average Bonchev–Trinajstić information content (AvgIpc) is 3.12. The fourth-order valence-corrected chi connectivity index (χ4v) is 3.63. The van der Waals surface area contributed by atoms with E-state index in [1.54, 1.807) is 4.90 Å². The Morgan fingerprint density at radius 3 is 2.36 bits per heavy atom. The van der Waals surface area contributed by atoms with Crippen molar-refractivity contribution in [1.82, 2.24) is 10.2 Å². The summed E-state index contributed by atoms with van der Waals surface area (Å²) in [5.41, 5.74) is -0.289. The molecule has 8 heteroatoms. The molecule has 1 saturated heterocycles. The van der Waals surface area contributed by atoms with Gasteiger partial charge in [-0.05, 0) is 38.0 Å². The highest BCUT2D eigenvalue weighted by Gasteiger charge is 2.35. The lowest BCUT2D eigenvalue weighted by atomic mass is 9.72. The van der Waals surface area contributed by atoms with Crippen molar-refractivity contribution in [2.45, 2.75) is 58.3 Å². The Kier molecular flexibility index (Phi) is 6.78. The SMILES string of the molecule is CC(=NOC(=O)NCC1(CC(=O)O)CCCCC1)C(=O)N1CCCC1. The minimum Gasteiger partial charge on any atom is -0.481 e. The van der Waals surface area contributed by atoms with E-state index < -0.39 is 17.5 Å². The van der Waals surface area contributed by atoms with Gasteiger partial charge < -0.3 is 15.3 Å². The number of hydrogen-bond acceptors (Lipinski definition) is 5. The van der Waals surface area contributed by atoms with Crippen LogP contribution >= 0.6 is 0 Å². The Balaban J connectivity index is 1.82. The van der Waals surface area contributed by atoms with E-state index in [0.29, 0.717) is 13.1 Å². The summed E-state index contributed by atoms with van der Waals surface area (Å²) < 4.78 is 0. The second kappa shape index (κ2) is 8.82. The number of nitrogens with zero attached hydrogens (tertiary/aromatic N) is 2. The van der Waals surface area contributed by atoms with Crippen LogP contribution in [0.2, 0.25) is 0 Å². The Hall–Kier alpha value is -2.12. The van der Waals surface area contributed by atoms with Crippen molar-refractivity contribution >= 4 is 23.7 Å². The number of carboxylic acid groups (broad SMARTS) is 1. The molecule has 2 amide bonds. The molecule has 0 aromatic rings. The first-order valence-electron chi connectivity index (χ1n) is 8.92. The maximum atomic E-state index is 12.1. The molecule has 2 aliphatic rings. The molecule has 1 saturated carbocycles. The Bertz CT molecular complexity index is 534. The summed E-state index contributed by atoms with van der Waals surface area (Å²) in [6.07, 6.45) is 5.79. The van der Waals surface area contributed by atoms with Crippen molar-refractivity contribution in [1.29, 1.82) is 0 Å². The second-order valence-corrected chi connectivity index (χ2v) is 7.04. The molecule has 140 valence electrons. The summed E-state index contributed by atoms with van der Waals surface area (Å²) in [4.78, 5) is 41.5. The van der Waals surface area contributed by atoms with Gasteiger partial charge in [0.2, 0.25) is 0 Å². The van der Waals surface area contributed by atoms with Gasteiger partial charge in [-0.25, -0.2) is 4.79 Å². The quantitative estimate of drug-likeness (QED) is 0.432. The molecule has 0 atom stereocenters. The molecule has 0 aromatic carbocycles. The first-order chi connectivity index (χ1) is 11.9. The molecular weight excluding hydrogens is 326 g/mol. The molecule has 1 aliphatic carbocycles. The number of rotatable bonds is 6. The van der Waals surface area contributed by atoms with E-state index in [2.05, 4.69) is 10.5 Å². The van der Waals surface area contributed by atoms with E-state index in [-0.39, 0.29) is 24.6 Å². The number of hydrogen-bond donors (Lipinski definition) is 2. The molecule has 2 rings (SSSR count). The molecule has 1 heterocycles. The Morgan fingerprint density at radius 1 is 1.12 bits per heavy atom. The van der Waals surface area contributed by atoms with Gasteiger partial charge in [0, 0.05) is 19.6 Å². The number of likely N-dealkylation sites (tertiary alicyclic amines) is 1. The molecule has 8 nitrogen and oxygen atoms in total. The minimum absolute atomic E-state index is 0.0308. The summed E-state index contributed by atoms with van der Waals surface area (Å²) in [7, 11) is 0. The maximum Gasteiger partial charge on any atom is 0.433 e. The zero-order valence-corrected chi connectivity index (χ0v) is 14.8. The normalized spacial score (nSPS) is 20.2. The highest BCUT2D eigenvalue weighted by molar-refractivity contribution is 6.37. The van der Waals surface area contributed by atoms with Gasteiger partial charge in [0.15, 0.2) is 0 Å². The first-order valence-corrected chi connectivity index (χ1v) is 8.92. The van der Waals surface area contributed by atoms with Crippen LogP contribution in [-0.2, 0) is 14.4 Å². The molecule has 2 fully saturated rings. The van der Waals surface area contributed by atoms with E-state index in [9.17, 15) is 14.4 Å². The number of nitrogens with one attached hydrogen (secondary N) is 1. The van der Waals surface area contributed by atoms with Crippen LogP contribution in [0.5, 0.6) is 0 Å². The molecule has 0 radical (unpaired) electrons. The van der Waals surface area contributed by atoms with Crippen LogP contribution in [0, 0.1) is 5.41 Å². The standard InChI is InChI=1S/C17H27N3O5/c1-13(15(23)20-9-5-6-10-20)19-25-16(24)18-12-17(11-14(21)22)7-3-2-4-8-17/h2-12H2,1H3,(H,18,24)(H,21,22). The topological polar surface area (TPSA) is 108 Å². The summed E-state index contributed by atoms with van der Waals surface area (Å²) in [5, 5.41) is 15.3. The largest absolute Gasteiger partial charge is 0.481 e. The lowest BCUT2D eigenvalue weighted by Gasteiger charge is -2.35. The fraction of sp³-hybridized carbons (Fsp3) is 0.765. The van der Waals surface area contributed by atoms with Crippen molar-refractivity contribution in [3.8, 4) is 0 Å². The monoisotopic (exact) mass is 353 g/mol. The Morgan fingerprint density at radius 2 is 1.76 bits per heavy atom. The third-order valence-electron chi connectivity index (χ3n) is 5.02. The van der Waals surface area contributed by atoms with E-state index in [4.69, 9.17) is 9.94 Å². The lowest BCUT2D eigenvalue weighted by Crippen LogP contribution is -2.40. The van der Waals surface area contributed by atoms with Gasteiger partial charge in [-0.15, -0.1) is 0 Å². The zero-order valence-electron chi connectivity index (χ0n) is 14.8. The molecule has 1 aliphatic heterocycles. The van der Waals surface area contributed by atoms with Crippen LogP contribution in [0.25, 0.3) is 0 Å². The summed E-state index contributed by atoms with van der Waals surface area (Å²) in [6.45, 7) is 3.17. The number of carbonyl (C=O) groups excluding carboxylic acids is 2. The molecule has 0 unspecified atom stereocenters. The summed E-state index contributed by atoms with van der Waals surface area (Å²) >= 11 is 0. The molecule has 0 spiro atoms. The summed E-state index contributed by atoms with van der Waals surface area (Å²) in [6, 6.07) is 0. The van der Waals surface area contributed by atoms with Crippen LogP contribution < -0.4 is 5.32 Å². The molecule has 2 N–H and O–H groups in total. The van der Waals surface area contributed by atoms with E-state index in [1.165, 1.54) is 6.92 Å². The number of carbonyl (C=O) groups is 3. The van der Waals surface area contributed by atoms with E-state index >= 15 is 0 Å². The lowest BCUT2D eigenvalue weighted by molar-refractivity contribution is -0.140. The predicted octanol–water partition coefficient (Wildman–Crippen LogP) is 2.14. The van der Waals surface area contributed by atoms with Crippen molar-refractivity contribution in [2.24, 2.45) is 10.6 Å². The molecule has 0 aromatic heterocycles. The number of amides is 2. The van der Waals surface area contributed by atoms with Crippen LogP contribution in [0.1, 0.15) is 58.3 Å². The van der Waals surface area contributed by atoms with Crippen LogP contribution in [0.15, 0.2) is 5.16 Å². The van der Waals surface area contributed by atoms with Gasteiger partial charge in [0.25, 0.3) is 5.91 Å². The average molecular weight is 353 g/mol. The van der Waals surface area contributed by atoms with Gasteiger partial charge in [-0.3, -0.25) is 14.4 Å². The predicted molar refractivity (Wildman–Crippen MR) is 91.2 cm³/mol. The summed E-state index contributed by atoms with van der Waals surface area (Å²) in [5.74, 6) is -1.08. The van der Waals surface area contributed by atoms with Gasteiger partial charge in [0.05, 0.1) is 6.42 Å². The van der Waals surface area contributed by atoms with Crippen molar-refractivity contribution in [3.05, 3.63) is 0 Å².